The summed E-state index contributed by atoms with van der Waals surface area (Å²) in [6, 6.07) is 0. The fourth-order valence-electron chi connectivity index (χ4n) is 1.28. The highest BCUT2D eigenvalue weighted by atomic mass is 16.4. The standard InChI is InChI=1S/C8H14N2O/c1-2-5-10-6-3-8(9-11)4-7-10/h2,11H,1,3-7H2. The zero-order valence-corrected chi connectivity index (χ0v) is 6.66. The number of hydrogen-bond acceptors (Lipinski definition) is 3. The van der Waals surface area contributed by atoms with Crippen LogP contribution in [0.3, 0.4) is 0 Å². The second kappa shape index (κ2) is 4.13. The van der Waals surface area contributed by atoms with Gasteiger partial charge in [-0.25, -0.2) is 0 Å². The van der Waals surface area contributed by atoms with Crippen LogP contribution in [0.15, 0.2) is 17.8 Å². The Balaban J connectivity index is 2.29. The molecule has 0 aromatic rings. The molecule has 0 aromatic carbocycles. The Hall–Kier alpha value is -0.830. The lowest BCUT2D eigenvalue weighted by Crippen LogP contribution is -2.33. The smallest absolute Gasteiger partial charge is 0.0596 e. The quantitative estimate of drug-likeness (QED) is 0.367. The molecule has 0 saturated carbocycles. The predicted octanol–water partition coefficient (Wildman–Crippen LogP) is 1.10. The third kappa shape index (κ3) is 2.35. The van der Waals surface area contributed by atoms with Crippen LogP contribution in [0.2, 0.25) is 0 Å². The van der Waals surface area contributed by atoms with Gasteiger partial charge in [-0.3, -0.25) is 4.90 Å². The molecule has 3 nitrogen and oxygen atoms in total. The number of oxime groups is 1. The Morgan fingerprint density at radius 2 is 2.18 bits per heavy atom. The zero-order valence-electron chi connectivity index (χ0n) is 6.66. The first-order valence-corrected chi connectivity index (χ1v) is 3.90. The van der Waals surface area contributed by atoms with E-state index in [0.717, 1.165) is 38.2 Å². The number of hydrogen-bond donors (Lipinski definition) is 1. The van der Waals surface area contributed by atoms with Gasteiger partial charge in [-0.05, 0) is 0 Å². The van der Waals surface area contributed by atoms with Crippen LogP contribution in [-0.2, 0) is 0 Å². The van der Waals surface area contributed by atoms with Crippen LogP contribution < -0.4 is 0 Å². The van der Waals surface area contributed by atoms with Crippen LogP contribution in [0, 0.1) is 0 Å². The minimum atomic E-state index is 0.893. The summed E-state index contributed by atoms with van der Waals surface area (Å²) in [4.78, 5) is 2.29. The van der Waals surface area contributed by atoms with Crippen LogP contribution >= 0.6 is 0 Å². The van der Waals surface area contributed by atoms with E-state index in [1.165, 1.54) is 0 Å². The van der Waals surface area contributed by atoms with Gasteiger partial charge in [0.1, 0.15) is 0 Å². The van der Waals surface area contributed by atoms with Gasteiger partial charge < -0.3 is 5.21 Å². The maximum atomic E-state index is 8.46. The van der Waals surface area contributed by atoms with Gasteiger partial charge in [0.05, 0.1) is 5.71 Å². The molecule has 0 amide bonds. The number of nitrogens with zero attached hydrogens (tertiary/aromatic N) is 2. The lowest BCUT2D eigenvalue weighted by molar-refractivity contribution is 0.283. The molecular weight excluding hydrogens is 140 g/mol. The van der Waals surface area contributed by atoms with Gasteiger partial charge in [-0.15, -0.1) is 6.58 Å². The van der Waals surface area contributed by atoms with Gasteiger partial charge in [0.25, 0.3) is 0 Å². The van der Waals surface area contributed by atoms with Gasteiger partial charge in [0.2, 0.25) is 0 Å². The molecule has 0 aromatic heterocycles. The first-order chi connectivity index (χ1) is 5.36. The Bertz CT molecular complexity index is 155. The average Bonchev–Trinajstić information content (AvgIpc) is 2.07. The first-order valence-electron chi connectivity index (χ1n) is 3.90. The van der Waals surface area contributed by atoms with E-state index < -0.39 is 0 Å². The summed E-state index contributed by atoms with van der Waals surface area (Å²) in [5.41, 5.74) is 0.922. The van der Waals surface area contributed by atoms with Crippen LogP contribution in [-0.4, -0.2) is 35.5 Å². The predicted molar refractivity (Wildman–Crippen MR) is 45.1 cm³/mol. The van der Waals surface area contributed by atoms with Gasteiger partial charge in [-0.2, -0.15) is 0 Å². The number of likely N-dealkylation sites (tertiary alicyclic amines) is 1. The molecule has 1 aliphatic heterocycles. The molecule has 62 valence electrons. The van der Waals surface area contributed by atoms with Crippen molar-refractivity contribution >= 4 is 5.71 Å². The van der Waals surface area contributed by atoms with Crippen molar-refractivity contribution < 1.29 is 5.21 Å². The summed E-state index contributed by atoms with van der Waals surface area (Å²) in [5, 5.41) is 11.7. The van der Waals surface area contributed by atoms with Crippen molar-refractivity contribution in [1.82, 2.24) is 4.90 Å². The van der Waals surface area contributed by atoms with Crippen LogP contribution in [0.1, 0.15) is 12.8 Å². The third-order valence-electron chi connectivity index (χ3n) is 1.96. The summed E-state index contributed by atoms with van der Waals surface area (Å²) in [6.07, 6.45) is 3.69. The van der Waals surface area contributed by atoms with E-state index in [0.29, 0.717) is 0 Å². The molecule has 0 aliphatic carbocycles. The summed E-state index contributed by atoms with van der Waals surface area (Å²) in [5.74, 6) is 0. The largest absolute Gasteiger partial charge is 0.411 e. The maximum absolute atomic E-state index is 8.46. The molecule has 1 rings (SSSR count). The Morgan fingerprint density at radius 1 is 1.55 bits per heavy atom. The SMILES string of the molecule is C=CCN1CCC(=NO)CC1. The molecule has 3 heteroatoms. The average molecular weight is 154 g/mol. The lowest BCUT2D eigenvalue weighted by Gasteiger charge is -2.25. The van der Waals surface area contributed by atoms with Crippen molar-refractivity contribution in [2.75, 3.05) is 19.6 Å². The molecule has 0 radical (unpaired) electrons. The minimum Gasteiger partial charge on any atom is -0.411 e. The molecule has 11 heavy (non-hydrogen) atoms. The minimum absolute atomic E-state index is 0.893. The molecule has 0 spiro atoms. The van der Waals surface area contributed by atoms with Crippen LogP contribution in [0.25, 0.3) is 0 Å². The van der Waals surface area contributed by atoms with Crippen molar-refractivity contribution in [1.29, 1.82) is 0 Å². The van der Waals surface area contributed by atoms with E-state index in [9.17, 15) is 0 Å². The molecular formula is C8H14N2O. The van der Waals surface area contributed by atoms with E-state index >= 15 is 0 Å². The summed E-state index contributed by atoms with van der Waals surface area (Å²) in [7, 11) is 0. The van der Waals surface area contributed by atoms with E-state index in [-0.39, 0.29) is 0 Å². The normalized spacial score (nSPS) is 19.8. The van der Waals surface area contributed by atoms with Crippen molar-refractivity contribution in [2.24, 2.45) is 5.16 Å². The van der Waals surface area contributed by atoms with E-state index in [1.807, 2.05) is 6.08 Å². The van der Waals surface area contributed by atoms with Gasteiger partial charge in [-0.1, -0.05) is 11.2 Å². The van der Waals surface area contributed by atoms with Gasteiger partial charge >= 0.3 is 0 Å². The Kier molecular flexibility index (Phi) is 3.11. The van der Waals surface area contributed by atoms with Crippen LogP contribution in [0.4, 0.5) is 0 Å². The highest BCUT2D eigenvalue weighted by Gasteiger charge is 2.13. The molecule has 0 atom stereocenters. The molecule has 1 heterocycles. The monoisotopic (exact) mass is 154 g/mol. The zero-order chi connectivity index (χ0) is 8.10. The Morgan fingerprint density at radius 3 is 2.64 bits per heavy atom. The van der Waals surface area contributed by atoms with Crippen molar-refractivity contribution in [3.8, 4) is 0 Å². The highest BCUT2D eigenvalue weighted by molar-refractivity contribution is 5.84. The fourth-order valence-corrected chi connectivity index (χ4v) is 1.28. The molecule has 1 saturated heterocycles. The van der Waals surface area contributed by atoms with Gasteiger partial charge in [0.15, 0.2) is 0 Å². The fraction of sp³-hybridized carbons (Fsp3) is 0.625. The van der Waals surface area contributed by atoms with Gasteiger partial charge in [0, 0.05) is 32.5 Å². The highest BCUT2D eigenvalue weighted by Crippen LogP contribution is 2.06. The molecule has 1 fully saturated rings. The molecule has 0 unspecified atom stereocenters. The summed E-state index contributed by atoms with van der Waals surface area (Å²) >= 11 is 0. The van der Waals surface area contributed by atoms with E-state index in [4.69, 9.17) is 5.21 Å². The molecule has 1 aliphatic rings. The van der Waals surface area contributed by atoms with E-state index in [1.54, 1.807) is 0 Å². The van der Waals surface area contributed by atoms with E-state index in [2.05, 4.69) is 16.6 Å². The topological polar surface area (TPSA) is 35.8 Å². The second-order valence-corrected chi connectivity index (χ2v) is 2.76. The maximum Gasteiger partial charge on any atom is 0.0596 e. The summed E-state index contributed by atoms with van der Waals surface area (Å²) < 4.78 is 0. The molecule has 0 bridgehead atoms. The third-order valence-corrected chi connectivity index (χ3v) is 1.96. The first kappa shape index (κ1) is 8.27. The Labute approximate surface area is 67.0 Å². The lowest BCUT2D eigenvalue weighted by atomic mass is 10.1. The van der Waals surface area contributed by atoms with Crippen LogP contribution in [0.5, 0.6) is 0 Å². The number of piperidine rings is 1. The number of rotatable bonds is 2. The van der Waals surface area contributed by atoms with Crippen molar-refractivity contribution in [2.45, 2.75) is 12.8 Å². The van der Waals surface area contributed by atoms with Crippen molar-refractivity contribution in [3.05, 3.63) is 12.7 Å². The second-order valence-electron chi connectivity index (χ2n) is 2.76. The molecule has 1 N–H and O–H groups in total. The summed E-state index contributed by atoms with van der Waals surface area (Å²) in [6.45, 7) is 6.60. The van der Waals surface area contributed by atoms with Crippen molar-refractivity contribution in [3.63, 3.8) is 0 Å².